The summed E-state index contributed by atoms with van der Waals surface area (Å²) < 4.78 is 28.4. The van der Waals surface area contributed by atoms with Crippen LogP contribution in [0.4, 0.5) is 0 Å². The number of carbonyl (C=O) groups excluding carboxylic acids is 2. The molecule has 8 heteroatoms. The van der Waals surface area contributed by atoms with Gasteiger partial charge in [0.15, 0.2) is 5.66 Å². The van der Waals surface area contributed by atoms with Crippen molar-refractivity contribution in [2.45, 2.75) is 32.9 Å². The molecule has 0 bridgehead atoms. The molecular weight excluding hydrogens is 345 g/mol. The van der Waals surface area contributed by atoms with Crippen LogP contribution in [0.15, 0.2) is 30.3 Å². The zero-order chi connectivity index (χ0) is 18.7. The molecule has 1 atom stereocenters. The lowest BCUT2D eigenvalue weighted by molar-refractivity contribution is -0.143. The van der Waals surface area contributed by atoms with E-state index in [9.17, 15) is 14.2 Å². The average Bonchev–Trinajstić information content (AvgIpc) is 2.59. The molecule has 140 valence electrons. The van der Waals surface area contributed by atoms with E-state index in [4.69, 9.17) is 13.8 Å². The van der Waals surface area contributed by atoms with Crippen LogP contribution in [-0.4, -0.2) is 43.9 Å². The van der Waals surface area contributed by atoms with Gasteiger partial charge in [-0.3, -0.25) is 14.2 Å². The Morgan fingerprint density at radius 3 is 2.16 bits per heavy atom. The molecule has 1 rings (SSSR count). The first-order valence-electron chi connectivity index (χ1n) is 8.37. The molecule has 0 radical (unpaired) electrons. The van der Waals surface area contributed by atoms with Crippen LogP contribution in [0.3, 0.4) is 0 Å². The maximum Gasteiger partial charge on any atom is 0.344 e. The molecule has 0 aliphatic rings. The molecule has 1 amide bonds. The maximum atomic E-state index is 12.9. The number of amides is 1. The molecule has 0 heterocycles. The number of esters is 1. The molecule has 1 aromatic carbocycles. The van der Waals surface area contributed by atoms with Crippen LogP contribution < -0.4 is 5.32 Å². The highest BCUT2D eigenvalue weighted by Gasteiger charge is 2.41. The van der Waals surface area contributed by atoms with E-state index in [1.165, 1.54) is 0 Å². The standard InChI is InChI=1S/C17H26NO6P/c1-4-22-17(20)15(25(21,23-5-2)24-6-3)12-13-18-16(19)14-10-8-7-9-11-14/h7-11,15H,4-6,12-13H2,1-3H3,(H,18,19). The largest absolute Gasteiger partial charge is 0.465 e. The average molecular weight is 371 g/mol. The van der Waals surface area contributed by atoms with Crippen LogP contribution >= 0.6 is 7.60 Å². The van der Waals surface area contributed by atoms with E-state index >= 15 is 0 Å². The fourth-order valence-corrected chi connectivity index (χ4v) is 4.17. The summed E-state index contributed by atoms with van der Waals surface area (Å²) in [5.41, 5.74) is -0.573. The zero-order valence-corrected chi connectivity index (χ0v) is 15.8. The normalized spacial score (nSPS) is 12.4. The van der Waals surface area contributed by atoms with Crippen LogP contribution in [0.5, 0.6) is 0 Å². The Labute approximate surface area is 148 Å². The van der Waals surface area contributed by atoms with Crippen LogP contribution in [0.1, 0.15) is 37.6 Å². The fraction of sp³-hybridized carbons (Fsp3) is 0.529. The zero-order valence-electron chi connectivity index (χ0n) is 14.9. The summed E-state index contributed by atoms with van der Waals surface area (Å²) in [5, 5.41) is 2.70. The molecule has 0 saturated heterocycles. The molecule has 1 aromatic rings. The van der Waals surface area contributed by atoms with Crippen LogP contribution in [-0.2, 0) is 23.1 Å². The molecule has 1 unspecified atom stereocenters. The number of benzene rings is 1. The smallest absolute Gasteiger partial charge is 0.344 e. The summed E-state index contributed by atoms with van der Waals surface area (Å²) >= 11 is 0. The number of rotatable bonds is 11. The molecule has 0 spiro atoms. The van der Waals surface area contributed by atoms with Crippen molar-refractivity contribution in [1.29, 1.82) is 0 Å². The molecule has 1 N–H and O–H groups in total. The first-order chi connectivity index (χ1) is 12.0. The van der Waals surface area contributed by atoms with Gasteiger partial charge < -0.3 is 19.1 Å². The van der Waals surface area contributed by atoms with Gasteiger partial charge in [-0.25, -0.2) is 0 Å². The summed E-state index contributed by atoms with van der Waals surface area (Å²) in [6.07, 6.45) is 0.0919. The lowest BCUT2D eigenvalue weighted by Gasteiger charge is -2.24. The summed E-state index contributed by atoms with van der Waals surface area (Å²) in [5.74, 6) is -0.924. The predicted molar refractivity (Wildman–Crippen MR) is 94.7 cm³/mol. The minimum atomic E-state index is -3.67. The number of carbonyl (C=O) groups is 2. The summed E-state index contributed by atoms with van der Waals surface area (Å²) in [6, 6.07) is 8.70. The van der Waals surface area contributed by atoms with Gasteiger partial charge in [-0.1, -0.05) is 18.2 Å². The third-order valence-corrected chi connectivity index (χ3v) is 5.77. The minimum Gasteiger partial charge on any atom is -0.465 e. The number of hydrogen-bond acceptors (Lipinski definition) is 6. The molecule has 0 aromatic heterocycles. The van der Waals surface area contributed by atoms with E-state index in [0.29, 0.717) is 5.56 Å². The number of hydrogen-bond donors (Lipinski definition) is 1. The minimum absolute atomic E-state index is 0.0919. The van der Waals surface area contributed by atoms with Gasteiger partial charge in [0.1, 0.15) is 0 Å². The van der Waals surface area contributed by atoms with Crippen molar-refractivity contribution in [1.82, 2.24) is 5.32 Å². The van der Waals surface area contributed by atoms with Gasteiger partial charge in [-0.2, -0.15) is 0 Å². The molecular formula is C17H26NO6P. The van der Waals surface area contributed by atoms with E-state index < -0.39 is 19.2 Å². The van der Waals surface area contributed by atoms with Crippen molar-refractivity contribution in [2.75, 3.05) is 26.4 Å². The number of nitrogens with one attached hydrogen (secondary N) is 1. The molecule has 0 aliphatic carbocycles. The summed E-state index contributed by atoms with van der Waals surface area (Å²) in [7, 11) is -3.67. The SMILES string of the molecule is CCOC(=O)C(CCNC(=O)c1ccccc1)P(=O)(OCC)OCC. The Bertz CT molecular complexity index is 582. The van der Waals surface area contributed by atoms with E-state index in [2.05, 4.69) is 5.32 Å². The Morgan fingerprint density at radius 2 is 1.64 bits per heavy atom. The molecule has 25 heavy (non-hydrogen) atoms. The second-order valence-corrected chi connectivity index (χ2v) is 7.27. The summed E-state index contributed by atoms with van der Waals surface area (Å²) in [6.45, 7) is 5.59. The highest BCUT2D eigenvalue weighted by Crippen LogP contribution is 2.54. The second-order valence-electron chi connectivity index (χ2n) is 5.05. The van der Waals surface area contributed by atoms with E-state index in [1.54, 1.807) is 45.0 Å². The van der Waals surface area contributed by atoms with Crippen LogP contribution in [0.25, 0.3) is 0 Å². The van der Waals surface area contributed by atoms with Crippen molar-refractivity contribution in [3.05, 3.63) is 35.9 Å². The Kier molecular flexibility index (Phi) is 9.42. The van der Waals surface area contributed by atoms with Crippen molar-refractivity contribution in [2.24, 2.45) is 0 Å². The Morgan fingerprint density at radius 1 is 1.04 bits per heavy atom. The van der Waals surface area contributed by atoms with E-state index in [1.807, 2.05) is 6.07 Å². The third kappa shape index (κ3) is 6.61. The van der Waals surface area contributed by atoms with Crippen molar-refractivity contribution in [3.63, 3.8) is 0 Å². The Balaban J connectivity index is 2.78. The van der Waals surface area contributed by atoms with Gasteiger partial charge >= 0.3 is 13.6 Å². The van der Waals surface area contributed by atoms with Gasteiger partial charge in [0.05, 0.1) is 19.8 Å². The summed E-state index contributed by atoms with van der Waals surface area (Å²) in [4.78, 5) is 24.3. The fourth-order valence-electron chi connectivity index (χ4n) is 2.23. The van der Waals surface area contributed by atoms with Gasteiger partial charge in [0.25, 0.3) is 5.91 Å². The van der Waals surface area contributed by atoms with E-state index in [0.717, 1.165) is 0 Å². The molecule has 0 aliphatic heterocycles. The lowest BCUT2D eigenvalue weighted by Crippen LogP contribution is -2.32. The second kappa shape index (κ2) is 11.0. The van der Waals surface area contributed by atoms with Crippen molar-refractivity contribution >= 4 is 19.5 Å². The monoisotopic (exact) mass is 371 g/mol. The first kappa shape index (κ1) is 21.4. The van der Waals surface area contributed by atoms with Crippen LogP contribution in [0, 0.1) is 0 Å². The lowest BCUT2D eigenvalue weighted by atomic mass is 10.2. The predicted octanol–water partition coefficient (Wildman–Crippen LogP) is 3.00. The highest BCUT2D eigenvalue weighted by atomic mass is 31.2. The maximum absolute atomic E-state index is 12.9. The van der Waals surface area contributed by atoms with Gasteiger partial charge in [-0.15, -0.1) is 0 Å². The molecule has 7 nitrogen and oxygen atoms in total. The van der Waals surface area contributed by atoms with Crippen molar-refractivity contribution < 1.29 is 27.9 Å². The topological polar surface area (TPSA) is 90.9 Å². The van der Waals surface area contributed by atoms with E-state index in [-0.39, 0.29) is 38.7 Å². The number of ether oxygens (including phenoxy) is 1. The molecule has 0 saturated carbocycles. The van der Waals surface area contributed by atoms with Gasteiger partial charge in [0, 0.05) is 12.1 Å². The highest BCUT2D eigenvalue weighted by molar-refractivity contribution is 7.55. The quantitative estimate of drug-likeness (QED) is 0.475. The third-order valence-electron chi connectivity index (χ3n) is 3.30. The molecule has 0 fully saturated rings. The Hall–Kier alpha value is -1.69. The van der Waals surface area contributed by atoms with Crippen LogP contribution in [0.2, 0.25) is 0 Å². The first-order valence-corrected chi connectivity index (χ1v) is 9.98. The van der Waals surface area contributed by atoms with Gasteiger partial charge in [0.2, 0.25) is 0 Å². The van der Waals surface area contributed by atoms with Gasteiger partial charge in [-0.05, 0) is 39.3 Å². The van der Waals surface area contributed by atoms with Crippen molar-refractivity contribution in [3.8, 4) is 0 Å².